The Morgan fingerprint density at radius 1 is 1.22 bits per heavy atom. The molecule has 136 valence electrons. The Kier molecular flexibility index (Phi) is 3.67. The number of aromatic nitrogens is 5. The Morgan fingerprint density at radius 3 is 3.00 bits per heavy atom. The fourth-order valence-corrected chi connectivity index (χ4v) is 3.98. The van der Waals surface area contributed by atoms with Crippen molar-refractivity contribution in [3.8, 4) is 0 Å². The van der Waals surface area contributed by atoms with Crippen LogP contribution in [0.15, 0.2) is 42.6 Å². The molecular formula is C20H20N6O. The Labute approximate surface area is 156 Å². The first-order chi connectivity index (χ1) is 13.2. The number of benzene rings is 1. The van der Waals surface area contributed by atoms with Gasteiger partial charge in [0.15, 0.2) is 5.65 Å². The summed E-state index contributed by atoms with van der Waals surface area (Å²) in [6.45, 7) is 0.747. The Bertz CT molecular complexity index is 1110. The number of nitrogens with one attached hydrogen (secondary N) is 1. The maximum atomic E-state index is 13.3. The Balaban J connectivity index is 1.51. The first-order valence-electron chi connectivity index (χ1n) is 9.25. The van der Waals surface area contributed by atoms with Crippen molar-refractivity contribution in [3.05, 3.63) is 53.9 Å². The van der Waals surface area contributed by atoms with Gasteiger partial charge < -0.3 is 9.88 Å². The summed E-state index contributed by atoms with van der Waals surface area (Å²) in [6, 6.07) is 12.2. The van der Waals surface area contributed by atoms with Gasteiger partial charge in [-0.2, -0.15) is 0 Å². The average molecular weight is 360 g/mol. The largest absolute Gasteiger partial charge is 0.357 e. The topological polar surface area (TPSA) is 79.7 Å². The van der Waals surface area contributed by atoms with Gasteiger partial charge in [0.05, 0.1) is 11.6 Å². The molecule has 1 atom stereocenters. The highest BCUT2D eigenvalue weighted by atomic mass is 16.2. The van der Waals surface area contributed by atoms with Crippen molar-refractivity contribution in [1.82, 2.24) is 29.9 Å². The number of carbonyl (C=O) groups excluding carboxylic acids is 1. The Morgan fingerprint density at radius 2 is 2.11 bits per heavy atom. The molecule has 1 amide bonds. The number of amides is 1. The van der Waals surface area contributed by atoms with Gasteiger partial charge in [-0.1, -0.05) is 23.4 Å². The molecule has 1 aliphatic rings. The minimum Gasteiger partial charge on any atom is -0.357 e. The summed E-state index contributed by atoms with van der Waals surface area (Å²) < 4.78 is 1.61. The van der Waals surface area contributed by atoms with Crippen LogP contribution in [-0.4, -0.2) is 42.3 Å². The Hall–Kier alpha value is -3.22. The number of hydrogen-bond donors (Lipinski definition) is 1. The third kappa shape index (κ3) is 2.66. The number of aryl methyl sites for hydroxylation is 1. The van der Waals surface area contributed by atoms with Crippen molar-refractivity contribution in [2.24, 2.45) is 7.05 Å². The number of nitrogens with zero attached hydrogens (tertiary/aromatic N) is 5. The molecular weight excluding hydrogens is 340 g/mol. The van der Waals surface area contributed by atoms with Crippen molar-refractivity contribution in [1.29, 1.82) is 0 Å². The molecule has 0 spiro atoms. The van der Waals surface area contributed by atoms with Crippen molar-refractivity contribution >= 4 is 28.0 Å². The lowest BCUT2D eigenvalue weighted by Gasteiger charge is -2.35. The van der Waals surface area contributed by atoms with Gasteiger partial charge in [0.1, 0.15) is 5.52 Å². The van der Waals surface area contributed by atoms with E-state index in [0.29, 0.717) is 16.7 Å². The predicted molar refractivity (Wildman–Crippen MR) is 102 cm³/mol. The van der Waals surface area contributed by atoms with E-state index in [1.165, 1.54) is 5.39 Å². The smallest absolute Gasteiger partial charge is 0.256 e. The number of carbonyl (C=O) groups is 1. The molecule has 1 fully saturated rings. The van der Waals surface area contributed by atoms with Crippen LogP contribution in [0.3, 0.4) is 0 Å². The van der Waals surface area contributed by atoms with Crippen LogP contribution in [0.2, 0.25) is 0 Å². The van der Waals surface area contributed by atoms with E-state index in [1.807, 2.05) is 17.0 Å². The van der Waals surface area contributed by atoms with Gasteiger partial charge in [-0.15, -0.1) is 5.10 Å². The summed E-state index contributed by atoms with van der Waals surface area (Å²) in [6.07, 6.45) is 4.72. The van der Waals surface area contributed by atoms with Crippen LogP contribution >= 0.6 is 0 Å². The number of rotatable bonds is 2. The van der Waals surface area contributed by atoms with Crippen LogP contribution in [0.25, 0.3) is 22.1 Å². The predicted octanol–water partition coefficient (Wildman–Crippen LogP) is 3.21. The lowest BCUT2D eigenvalue weighted by Crippen LogP contribution is -2.38. The number of H-pyrrole nitrogens is 1. The normalized spacial score (nSPS) is 17.7. The molecule has 7 heteroatoms. The van der Waals surface area contributed by atoms with Crippen LogP contribution < -0.4 is 0 Å². The fourth-order valence-electron chi connectivity index (χ4n) is 3.98. The molecule has 0 saturated carbocycles. The number of likely N-dealkylation sites (tertiary alicyclic amines) is 1. The molecule has 1 unspecified atom stereocenters. The summed E-state index contributed by atoms with van der Waals surface area (Å²) in [5.41, 5.74) is 4.08. The van der Waals surface area contributed by atoms with Crippen LogP contribution in [0.1, 0.15) is 41.4 Å². The molecule has 0 radical (unpaired) electrons. The van der Waals surface area contributed by atoms with E-state index in [0.717, 1.165) is 37.0 Å². The van der Waals surface area contributed by atoms with E-state index in [9.17, 15) is 4.79 Å². The molecule has 4 aromatic rings. The highest BCUT2D eigenvalue weighted by Crippen LogP contribution is 2.33. The van der Waals surface area contributed by atoms with Crippen LogP contribution in [0, 0.1) is 0 Å². The van der Waals surface area contributed by atoms with Crippen molar-refractivity contribution in [3.63, 3.8) is 0 Å². The first kappa shape index (κ1) is 16.0. The van der Waals surface area contributed by atoms with Gasteiger partial charge >= 0.3 is 0 Å². The number of para-hydroxylation sites is 1. The van der Waals surface area contributed by atoms with Crippen molar-refractivity contribution in [2.45, 2.75) is 25.3 Å². The van der Waals surface area contributed by atoms with E-state index >= 15 is 0 Å². The van der Waals surface area contributed by atoms with Gasteiger partial charge in [0, 0.05) is 31.0 Å². The summed E-state index contributed by atoms with van der Waals surface area (Å²) >= 11 is 0. The van der Waals surface area contributed by atoms with Gasteiger partial charge in [-0.05, 0) is 42.8 Å². The zero-order valence-corrected chi connectivity index (χ0v) is 15.1. The second-order valence-corrected chi connectivity index (χ2v) is 7.10. The molecule has 0 bridgehead atoms. The van der Waals surface area contributed by atoms with Crippen LogP contribution in [0.5, 0.6) is 0 Å². The van der Waals surface area contributed by atoms with E-state index in [4.69, 9.17) is 0 Å². The maximum Gasteiger partial charge on any atom is 0.256 e. The van der Waals surface area contributed by atoms with Crippen molar-refractivity contribution < 1.29 is 4.79 Å². The van der Waals surface area contributed by atoms with Crippen LogP contribution in [-0.2, 0) is 7.05 Å². The molecule has 4 heterocycles. The van der Waals surface area contributed by atoms with E-state index < -0.39 is 0 Å². The summed E-state index contributed by atoms with van der Waals surface area (Å²) in [4.78, 5) is 23.1. The monoisotopic (exact) mass is 360 g/mol. The SMILES string of the molecule is Cn1nnc2cc(C(=O)N3CCCCC3c3cc4ccccc4[nH]3)cnc21. The lowest BCUT2D eigenvalue weighted by molar-refractivity contribution is 0.0606. The second-order valence-electron chi connectivity index (χ2n) is 7.10. The summed E-state index contributed by atoms with van der Waals surface area (Å²) in [7, 11) is 1.79. The zero-order valence-electron chi connectivity index (χ0n) is 15.1. The molecule has 0 aliphatic carbocycles. The number of pyridine rings is 1. The van der Waals surface area contributed by atoms with E-state index in [-0.39, 0.29) is 11.9 Å². The number of piperidine rings is 1. The second kappa shape index (κ2) is 6.19. The van der Waals surface area contributed by atoms with Gasteiger partial charge in [0.2, 0.25) is 0 Å². The first-order valence-corrected chi connectivity index (χ1v) is 9.25. The summed E-state index contributed by atoms with van der Waals surface area (Å²) in [5.74, 6) is -0.00147. The number of aromatic amines is 1. The molecule has 1 aliphatic heterocycles. The third-order valence-corrected chi connectivity index (χ3v) is 5.36. The van der Waals surface area contributed by atoms with Gasteiger partial charge in [0.25, 0.3) is 5.91 Å². The molecule has 1 aromatic carbocycles. The molecule has 27 heavy (non-hydrogen) atoms. The molecule has 3 aromatic heterocycles. The zero-order chi connectivity index (χ0) is 18.4. The minimum atomic E-state index is -0.00147. The maximum absolute atomic E-state index is 13.3. The lowest BCUT2D eigenvalue weighted by atomic mass is 9.98. The third-order valence-electron chi connectivity index (χ3n) is 5.36. The highest BCUT2D eigenvalue weighted by Gasteiger charge is 2.30. The van der Waals surface area contributed by atoms with Gasteiger partial charge in [-0.25, -0.2) is 9.67 Å². The van der Waals surface area contributed by atoms with Crippen molar-refractivity contribution in [2.75, 3.05) is 6.54 Å². The number of hydrogen-bond acceptors (Lipinski definition) is 4. The standard InChI is InChI=1S/C20H20N6O/c1-25-19-17(23-24-25)11-14(12-21-19)20(27)26-9-5-4-8-18(26)16-10-13-6-2-3-7-15(13)22-16/h2-3,6-7,10-12,18,22H,4-5,8-9H2,1H3. The molecule has 5 rings (SSSR count). The van der Waals surface area contributed by atoms with Crippen LogP contribution in [0.4, 0.5) is 0 Å². The highest BCUT2D eigenvalue weighted by molar-refractivity contribution is 5.96. The fraction of sp³-hybridized carbons (Fsp3) is 0.300. The number of fused-ring (bicyclic) bond motifs is 2. The van der Waals surface area contributed by atoms with E-state index in [2.05, 4.69) is 38.5 Å². The summed E-state index contributed by atoms with van der Waals surface area (Å²) in [5, 5.41) is 9.23. The van der Waals surface area contributed by atoms with E-state index in [1.54, 1.807) is 24.0 Å². The minimum absolute atomic E-state index is 0.00147. The van der Waals surface area contributed by atoms with Gasteiger partial charge in [-0.3, -0.25) is 4.79 Å². The molecule has 7 nitrogen and oxygen atoms in total. The molecule has 1 N–H and O–H groups in total. The average Bonchev–Trinajstić information content (AvgIpc) is 3.31. The molecule has 1 saturated heterocycles. The quantitative estimate of drug-likeness (QED) is 0.595.